The van der Waals surface area contributed by atoms with Crippen molar-refractivity contribution >= 4 is 19.8 Å². The Bertz CT molecular complexity index is 910. The first-order chi connectivity index (χ1) is 26.8. The second kappa shape index (κ2) is 42.4. The molecule has 0 heterocycles. The third-order valence-electron chi connectivity index (χ3n) is 10.3. The van der Waals surface area contributed by atoms with Gasteiger partial charge in [0.15, 0.2) is 6.10 Å². The Kier molecular flexibility index (Phi) is 41.5. The van der Waals surface area contributed by atoms with Gasteiger partial charge < -0.3 is 14.4 Å². The molecule has 0 saturated carbocycles. The molecular weight excluding hydrogens is 711 g/mol. The molecule has 1 N–H and O–H groups in total. The average Bonchev–Trinajstić information content (AvgIpc) is 3.16. The van der Waals surface area contributed by atoms with Crippen LogP contribution >= 0.6 is 7.82 Å². The van der Waals surface area contributed by atoms with Crippen molar-refractivity contribution < 1.29 is 37.6 Å². The van der Waals surface area contributed by atoms with Crippen LogP contribution in [-0.4, -0.2) is 42.8 Å². The fourth-order valence-corrected chi connectivity index (χ4v) is 7.62. The summed E-state index contributed by atoms with van der Waals surface area (Å²) in [5.41, 5.74) is 0. The van der Waals surface area contributed by atoms with Crippen LogP contribution in [0.1, 0.15) is 245 Å². The minimum Gasteiger partial charge on any atom is -0.462 e. The van der Waals surface area contributed by atoms with Crippen LogP contribution in [0.5, 0.6) is 0 Å². The molecule has 0 aliphatic carbocycles. The van der Waals surface area contributed by atoms with Gasteiger partial charge in [-0.15, -0.1) is 0 Å². The summed E-state index contributed by atoms with van der Waals surface area (Å²) in [6.45, 7) is 5.51. The number of esters is 2. The molecule has 0 rings (SSSR count). The summed E-state index contributed by atoms with van der Waals surface area (Å²) in [5.74, 6) is -0.793. The van der Waals surface area contributed by atoms with Crippen molar-refractivity contribution in [3.8, 4) is 0 Å². The standard InChI is InChI=1S/C46H89O8P/c1-4-7-9-11-13-15-17-19-21-23-24-25-27-28-30-32-34-36-38-40-45(47)51-42-44(43-53-55(49,50)52-6-3)54-46(48)41-39-37-35-33-31-29-26-22-20-18-16-14-12-10-8-5-2/h22,26,44H,4-21,23-25,27-43H2,1-3H3,(H,49,50)/b26-22-. The first-order valence-electron chi connectivity index (χ1n) is 23.5. The molecular formula is C46H89O8P. The van der Waals surface area contributed by atoms with Gasteiger partial charge in [0.25, 0.3) is 0 Å². The maximum atomic E-state index is 12.6. The van der Waals surface area contributed by atoms with E-state index in [0.717, 1.165) is 51.4 Å². The summed E-state index contributed by atoms with van der Waals surface area (Å²) < 4.78 is 32.7. The number of rotatable bonds is 44. The van der Waals surface area contributed by atoms with Crippen LogP contribution in [0.3, 0.4) is 0 Å². The highest BCUT2D eigenvalue weighted by Crippen LogP contribution is 2.43. The lowest BCUT2D eigenvalue weighted by Crippen LogP contribution is -2.29. The Morgan fingerprint density at radius 3 is 1.20 bits per heavy atom. The van der Waals surface area contributed by atoms with E-state index in [9.17, 15) is 19.0 Å². The van der Waals surface area contributed by atoms with E-state index >= 15 is 0 Å². The van der Waals surface area contributed by atoms with Crippen LogP contribution in [0, 0.1) is 0 Å². The number of allylic oxidation sites excluding steroid dienone is 2. The lowest BCUT2D eigenvalue weighted by atomic mass is 10.0. The molecule has 55 heavy (non-hydrogen) atoms. The van der Waals surface area contributed by atoms with Crippen molar-refractivity contribution in [3.05, 3.63) is 12.2 Å². The molecule has 0 saturated heterocycles. The molecule has 0 aromatic carbocycles. The number of phosphoric ester groups is 1. The smallest absolute Gasteiger partial charge is 0.462 e. The lowest BCUT2D eigenvalue weighted by Gasteiger charge is -2.19. The van der Waals surface area contributed by atoms with Crippen LogP contribution in [0.15, 0.2) is 12.2 Å². The highest BCUT2D eigenvalue weighted by Gasteiger charge is 2.25. The topological polar surface area (TPSA) is 108 Å². The summed E-state index contributed by atoms with van der Waals surface area (Å²) in [7, 11) is -4.28. The van der Waals surface area contributed by atoms with Gasteiger partial charge in [0.1, 0.15) is 6.61 Å². The number of hydrogen-bond donors (Lipinski definition) is 1. The van der Waals surface area contributed by atoms with Crippen molar-refractivity contribution in [2.24, 2.45) is 0 Å². The van der Waals surface area contributed by atoms with E-state index < -0.39 is 26.5 Å². The zero-order valence-electron chi connectivity index (χ0n) is 36.4. The molecule has 9 heteroatoms. The Labute approximate surface area is 340 Å². The molecule has 0 aliphatic heterocycles. The molecule has 0 bridgehead atoms. The Morgan fingerprint density at radius 1 is 0.473 bits per heavy atom. The largest absolute Gasteiger partial charge is 0.472 e. The van der Waals surface area contributed by atoms with Crippen molar-refractivity contribution in [2.75, 3.05) is 19.8 Å². The van der Waals surface area contributed by atoms with Gasteiger partial charge in [-0.2, -0.15) is 0 Å². The number of hydrogen-bond acceptors (Lipinski definition) is 7. The van der Waals surface area contributed by atoms with E-state index in [1.54, 1.807) is 6.92 Å². The normalized spacial score (nSPS) is 13.3. The van der Waals surface area contributed by atoms with Crippen LogP contribution in [0.2, 0.25) is 0 Å². The number of carbonyl (C=O) groups excluding carboxylic acids is 2. The Morgan fingerprint density at radius 2 is 0.818 bits per heavy atom. The van der Waals surface area contributed by atoms with Gasteiger partial charge in [-0.1, -0.05) is 199 Å². The van der Waals surface area contributed by atoms with Gasteiger partial charge in [-0.25, -0.2) is 4.57 Å². The number of unbranched alkanes of at least 4 members (excludes halogenated alkanes) is 30. The monoisotopic (exact) mass is 801 g/mol. The van der Waals surface area contributed by atoms with E-state index in [2.05, 4.69) is 26.0 Å². The van der Waals surface area contributed by atoms with Crippen LogP contribution in [-0.2, 0) is 32.7 Å². The van der Waals surface area contributed by atoms with Gasteiger partial charge in [0, 0.05) is 12.8 Å². The fourth-order valence-electron chi connectivity index (χ4n) is 6.86. The lowest BCUT2D eigenvalue weighted by molar-refractivity contribution is -0.161. The van der Waals surface area contributed by atoms with Gasteiger partial charge in [-0.05, 0) is 45.4 Å². The summed E-state index contributed by atoms with van der Waals surface area (Å²) in [6, 6.07) is 0. The SMILES string of the molecule is CCCCCCCCC/C=C\CCCCCCCC(=O)OC(COC(=O)CCCCCCCCCCCCCCCCCCCCC)COP(=O)(O)OCC. The number of carbonyl (C=O) groups is 2. The second-order valence-corrected chi connectivity index (χ2v) is 17.2. The maximum Gasteiger partial charge on any atom is 0.472 e. The summed E-state index contributed by atoms with van der Waals surface area (Å²) in [6.07, 6.45) is 45.5. The zero-order chi connectivity index (χ0) is 40.3. The molecule has 0 aromatic heterocycles. The molecule has 0 fully saturated rings. The number of phosphoric acid groups is 1. The third kappa shape index (κ3) is 42.2. The van der Waals surface area contributed by atoms with E-state index in [1.165, 1.54) is 154 Å². The predicted molar refractivity (Wildman–Crippen MR) is 230 cm³/mol. The maximum absolute atomic E-state index is 12.6. The van der Waals surface area contributed by atoms with Gasteiger partial charge in [0.2, 0.25) is 0 Å². The molecule has 0 radical (unpaired) electrons. The van der Waals surface area contributed by atoms with Crippen LogP contribution in [0.25, 0.3) is 0 Å². The zero-order valence-corrected chi connectivity index (χ0v) is 37.2. The molecule has 0 aromatic rings. The van der Waals surface area contributed by atoms with Crippen molar-refractivity contribution in [2.45, 2.75) is 252 Å². The quantitative estimate of drug-likeness (QED) is 0.0281. The summed E-state index contributed by atoms with van der Waals surface area (Å²) >= 11 is 0. The number of ether oxygens (including phenoxy) is 2. The molecule has 0 amide bonds. The Balaban J connectivity index is 4.00. The van der Waals surface area contributed by atoms with E-state index in [1.807, 2.05) is 0 Å². The second-order valence-electron chi connectivity index (χ2n) is 15.8. The van der Waals surface area contributed by atoms with E-state index in [0.29, 0.717) is 12.8 Å². The minimum absolute atomic E-state index is 0.00218. The summed E-state index contributed by atoms with van der Waals surface area (Å²) in [4.78, 5) is 34.8. The van der Waals surface area contributed by atoms with Crippen LogP contribution in [0.4, 0.5) is 0 Å². The van der Waals surface area contributed by atoms with E-state index in [-0.39, 0.29) is 25.6 Å². The third-order valence-corrected chi connectivity index (χ3v) is 11.4. The van der Waals surface area contributed by atoms with Gasteiger partial charge in [0.05, 0.1) is 13.2 Å². The molecule has 0 spiro atoms. The van der Waals surface area contributed by atoms with Crippen molar-refractivity contribution in [3.63, 3.8) is 0 Å². The van der Waals surface area contributed by atoms with Crippen LogP contribution < -0.4 is 0 Å². The highest BCUT2D eigenvalue weighted by atomic mass is 31.2. The van der Waals surface area contributed by atoms with Gasteiger partial charge in [-0.3, -0.25) is 18.6 Å². The molecule has 0 aliphatic rings. The fraction of sp³-hybridized carbons (Fsp3) is 0.913. The first kappa shape index (κ1) is 53.8. The minimum atomic E-state index is -4.28. The molecule has 2 unspecified atom stereocenters. The predicted octanol–water partition coefficient (Wildman–Crippen LogP) is 14.8. The molecule has 326 valence electrons. The van der Waals surface area contributed by atoms with Crippen molar-refractivity contribution in [1.82, 2.24) is 0 Å². The van der Waals surface area contributed by atoms with Crippen molar-refractivity contribution in [1.29, 1.82) is 0 Å². The Hall–Kier alpha value is -1.21. The average molecular weight is 801 g/mol. The van der Waals surface area contributed by atoms with Gasteiger partial charge >= 0.3 is 19.8 Å². The summed E-state index contributed by atoms with van der Waals surface area (Å²) in [5, 5.41) is 0. The first-order valence-corrected chi connectivity index (χ1v) is 25.0. The molecule has 8 nitrogen and oxygen atoms in total. The highest BCUT2D eigenvalue weighted by molar-refractivity contribution is 7.47. The van der Waals surface area contributed by atoms with E-state index in [4.69, 9.17) is 18.5 Å². The molecule has 2 atom stereocenters.